The van der Waals surface area contributed by atoms with Crippen molar-refractivity contribution in [3.63, 3.8) is 0 Å². The molecule has 0 unspecified atom stereocenters. The molecule has 0 saturated carbocycles. The van der Waals surface area contributed by atoms with Gasteiger partial charge in [0, 0.05) is 12.0 Å². The fourth-order valence-electron chi connectivity index (χ4n) is 7.37. The van der Waals surface area contributed by atoms with Gasteiger partial charge >= 0.3 is 5.97 Å². The number of carbonyl (C=O) groups is 1. The van der Waals surface area contributed by atoms with Gasteiger partial charge in [-0.15, -0.1) is 0 Å². The van der Waals surface area contributed by atoms with Crippen molar-refractivity contribution in [3.05, 3.63) is 52.0 Å². The van der Waals surface area contributed by atoms with Gasteiger partial charge in [-0.3, -0.25) is 4.79 Å². The molecule has 0 atom stereocenters. The van der Waals surface area contributed by atoms with Crippen molar-refractivity contribution >= 4 is 17.6 Å². The maximum atomic E-state index is 13.1. The van der Waals surface area contributed by atoms with Crippen LogP contribution in [0.15, 0.2) is 30.3 Å². The number of hydrogen-bond donors (Lipinski definition) is 0. The molecule has 0 fully saturated rings. The van der Waals surface area contributed by atoms with Gasteiger partial charge in [0.1, 0.15) is 17.2 Å². The number of methoxy groups -OCH3 is 2. The maximum Gasteiger partial charge on any atom is 0.311 e. The minimum atomic E-state index is -0.0973. The van der Waals surface area contributed by atoms with E-state index in [1.165, 1.54) is 133 Å². The molecule has 0 aliphatic rings. The molecule has 2 rings (SSSR count). The minimum Gasteiger partial charge on any atom is -0.496 e. The van der Waals surface area contributed by atoms with Gasteiger partial charge in [0.25, 0.3) is 0 Å². The van der Waals surface area contributed by atoms with Crippen LogP contribution in [0, 0.1) is 11.8 Å². The fourth-order valence-corrected chi connectivity index (χ4v) is 7.65. The van der Waals surface area contributed by atoms with Crippen molar-refractivity contribution < 1.29 is 19.0 Å². The summed E-state index contributed by atoms with van der Waals surface area (Å²) >= 11 is 6.25. The SMILES string of the molecule is COc1ccc(CCCCCCCCCCCCCCCCC(=O)Oc2cc(CCCC(C)C)cc(OC)c2CCCCCCCCC(C)C)cc1Cl. The number of halogens is 1. The van der Waals surface area contributed by atoms with E-state index in [1.54, 1.807) is 14.2 Å². The van der Waals surface area contributed by atoms with Crippen molar-refractivity contribution in [3.8, 4) is 17.2 Å². The van der Waals surface area contributed by atoms with E-state index >= 15 is 0 Å². The highest BCUT2D eigenvalue weighted by Crippen LogP contribution is 2.34. The van der Waals surface area contributed by atoms with E-state index in [0.29, 0.717) is 17.4 Å². The van der Waals surface area contributed by atoms with Gasteiger partial charge in [0.05, 0.1) is 19.2 Å². The number of hydrogen-bond acceptors (Lipinski definition) is 4. The molecule has 0 aliphatic heterocycles. The molecule has 5 heteroatoms. The zero-order chi connectivity index (χ0) is 38.5. The lowest BCUT2D eigenvalue weighted by atomic mass is 9.97. The molecule has 2 aromatic carbocycles. The normalized spacial score (nSPS) is 11.5. The molecule has 0 aromatic heterocycles. The Balaban J connectivity index is 1.59. The lowest BCUT2D eigenvalue weighted by molar-refractivity contribution is -0.134. The minimum absolute atomic E-state index is 0.0973. The van der Waals surface area contributed by atoms with Crippen LogP contribution in [0.3, 0.4) is 0 Å². The summed E-state index contributed by atoms with van der Waals surface area (Å²) in [7, 11) is 3.41. The molecular formula is C48H79ClO4. The molecule has 53 heavy (non-hydrogen) atoms. The number of aryl methyl sites for hydroxylation is 2. The standard InChI is InChI=1S/C48H79ClO4/c1-39(2)28-23-19-17-18-21-25-32-43-46(52-6)37-42(31-27-29-40(3)4)38-47(43)53-48(50)33-26-22-16-14-12-10-8-7-9-11-13-15-20-24-30-41-34-35-45(51-5)44(49)36-41/h34-40H,7-33H2,1-6H3. The van der Waals surface area contributed by atoms with Crippen molar-refractivity contribution in [1.82, 2.24) is 0 Å². The van der Waals surface area contributed by atoms with Crippen molar-refractivity contribution in [1.29, 1.82) is 0 Å². The summed E-state index contributed by atoms with van der Waals surface area (Å²) in [6.45, 7) is 9.17. The molecule has 0 saturated heterocycles. The van der Waals surface area contributed by atoms with Crippen LogP contribution in [0.1, 0.15) is 198 Å². The summed E-state index contributed by atoms with van der Waals surface area (Å²) in [6.07, 6.45) is 32.5. The second-order valence-electron chi connectivity index (χ2n) is 16.5. The Morgan fingerprint density at radius 3 is 1.49 bits per heavy atom. The number of rotatable bonds is 33. The number of esters is 1. The van der Waals surface area contributed by atoms with E-state index in [4.69, 9.17) is 25.8 Å². The molecule has 4 nitrogen and oxygen atoms in total. The summed E-state index contributed by atoms with van der Waals surface area (Å²) in [5.74, 6) is 3.77. The fraction of sp³-hybridized carbons (Fsp3) is 0.729. The van der Waals surface area contributed by atoms with Crippen LogP contribution in [0.4, 0.5) is 0 Å². The monoisotopic (exact) mass is 755 g/mol. The molecule has 2 aromatic rings. The Labute approximate surface area is 331 Å². The topological polar surface area (TPSA) is 44.8 Å². The molecule has 0 N–H and O–H groups in total. The summed E-state index contributed by atoms with van der Waals surface area (Å²) in [4.78, 5) is 13.1. The third-order valence-electron chi connectivity index (χ3n) is 10.7. The van der Waals surface area contributed by atoms with E-state index < -0.39 is 0 Å². The molecule has 0 amide bonds. The van der Waals surface area contributed by atoms with Crippen LogP contribution < -0.4 is 14.2 Å². The highest BCUT2D eigenvalue weighted by molar-refractivity contribution is 6.32. The van der Waals surface area contributed by atoms with E-state index in [-0.39, 0.29) is 5.97 Å². The lowest BCUT2D eigenvalue weighted by Crippen LogP contribution is -2.10. The number of carbonyl (C=O) groups excluding carboxylic acids is 1. The Kier molecular flexibility index (Phi) is 26.6. The molecular weight excluding hydrogens is 676 g/mol. The second kappa shape index (κ2) is 30.1. The van der Waals surface area contributed by atoms with E-state index in [1.807, 2.05) is 12.1 Å². The van der Waals surface area contributed by atoms with E-state index in [0.717, 1.165) is 73.7 Å². The van der Waals surface area contributed by atoms with Crippen LogP contribution in [-0.4, -0.2) is 20.2 Å². The smallest absolute Gasteiger partial charge is 0.311 e. The molecule has 0 heterocycles. The number of unbranched alkanes of at least 4 members (excludes halogenated alkanes) is 18. The quantitative estimate of drug-likeness (QED) is 0.0413. The summed E-state index contributed by atoms with van der Waals surface area (Å²) in [5.41, 5.74) is 3.58. The average Bonchev–Trinajstić information content (AvgIpc) is 3.12. The first-order valence-electron chi connectivity index (χ1n) is 22.0. The first-order chi connectivity index (χ1) is 25.7. The van der Waals surface area contributed by atoms with Crippen LogP contribution in [0.5, 0.6) is 17.2 Å². The highest BCUT2D eigenvalue weighted by Gasteiger charge is 2.16. The van der Waals surface area contributed by atoms with Crippen molar-refractivity contribution in [2.24, 2.45) is 11.8 Å². The molecule has 0 bridgehead atoms. The van der Waals surface area contributed by atoms with Crippen LogP contribution >= 0.6 is 11.6 Å². The maximum absolute atomic E-state index is 13.1. The third kappa shape index (κ3) is 22.7. The summed E-state index contributed by atoms with van der Waals surface area (Å²) in [5, 5.41) is 0.710. The predicted molar refractivity (Wildman–Crippen MR) is 228 cm³/mol. The molecule has 302 valence electrons. The van der Waals surface area contributed by atoms with Gasteiger partial charge in [0.2, 0.25) is 0 Å². The number of benzene rings is 2. The van der Waals surface area contributed by atoms with Crippen LogP contribution in [0.25, 0.3) is 0 Å². The first kappa shape index (κ1) is 47.0. The van der Waals surface area contributed by atoms with Gasteiger partial charge in [-0.05, 0) is 92.2 Å². The largest absolute Gasteiger partial charge is 0.496 e. The first-order valence-corrected chi connectivity index (χ1v) is 22.3. The summed E-state index contributed by atoms with van der Waals surface area (Å²) in [6, 6.07) is 10.5. The zero-order valence-corrected chi connectivity index (χ0v) is 35.9. The lowest BCUT2D eigenvalue weighted by Gasteiger charge is -2.17. The molecule has 0 radical (unpaired) electrons. The van der Waals surface area contributed by atoms with Crippen LogP contribution in [0.2, 0.25) is 5.02 Å². The van der Waals surface area contributed by atoms with Gasteiger partial charge in [-0.1, -0.05) is 167 Å². The van der Waals surface area contributed by atoms with E-state index in [2.05, 4.69) is 45.9 Å². The van der Waals surface area contributed by atoms with E-state index in [9.17, 15) is 4.79 Å². The average molecular weight is 756 g/mol. The Hall–Kier alpha value is -2.20. The van der Waals surface area contributed by atoms with Gasteiger partial charge < -0.3 is 14.2 Å². The second-order valence-corrected chi connectivity index (χ2v) is 16.9. The molecule has 0 aliphatic carbocycles. The Morgan fingerprint density at radius 2 is 0.962 bits per heavy atom. The molecule has 0 spiro atoms. The van der Waals surface area contributed by atoms with Crippen molar-refractivity contribution in [2.45, 2.75) is 201 Å². The Morgan fingerprint density at radius 1 is 0.509 bits per heavy atom. The van der Waals surface area contributed by atoms with Crippen molar-refractivity contribution in [2.75, 3.05) is 14.2 Å². The van der Waals surface area contributed by atoms with Crippen LogP contribution in [-0.2, 0) is 24.1 Å². The predicted octanol–water partition coefficient (Wildman–Crippen LogP) is 15.3. The van der Waals surface area contributed by atoms with Gasteiger partial charge in [0.15, 0.2) is 0 Å². The van der Waals surface area contributed by atoms with Gasteiger partial charge in [-0.25, -0.2) is 0 Å². The Bertz CT molecular complexity index is 1220. The van der Waals surface area contributed by atoms with Gasteiger partial charge in [-0.2, -0.15) is 0 Å². The summed E-state index contributed by atoms with van der Waals surface area (Å²) < 4.78 is 17.2. The third-order valence-corrected chi connectivity index (χ3v) is 11.0. The zero-order valence-electron chi connectivity index (χ0n) is 35.1. The number of ether oxygens (including phenoxy) is 3. The highest BCUT2D eigenvalue weighted by atomic mass is 35.5.